The maximum absolute atomic E-state index is 10.8. The summed E-state index contributed by atoms with van der Waals surface area (Å²) in [5, 5.41) is 26.0. The number of nitrogens with zero attached hydrogens (tertiary/aromatic N) is 3. The predicted molar refractivity (Wildman–Crippen MR) is 106 cm³/mol. The molecule has 4 N–H and O–H groups in total. The van der Waals surface area contributed by atoms with Crippen molar-refractivity contribution in [2.45, 2.75) is 43.9 Å². The second kappa shape index (κ2) is 7.11. The minimum Gasteiger partial charge on any atom is -0.390 e. The van der Waals surface area contributed by atoms with Gasteiger partial charge < -0.3 is 20.6 Å². The highest BCUT2D eigenvalue weighted by Gasteiger charge is 2.45. The van der Waals surface area contributed by atoms with E-state index in [0.29, 0.717) is 23.7 Å². The molecule has 0 bridgehead atoms. The number of nitrogens with two attached hydrogens (primary N) is 1. The lowest BCUT2D eigenvalue weighted by atomic mass is 9.85. The van der Waals surface area contributed by atoms with Crippen LogP contribution in [0.25, 0.3) is 0 Å². The van der Waals surface area contributed by atoms with Crippen molar-refractivity contribution in [3.8, 4) is 0 Å². The molecular formula is C20H23ClN4O2. The molecule has 27 heavy (non-hydrogen) atoms. The Morgan fingerprint density at radius 3 is 2.67 bits per heavy atom. The number of hydrogen-bond donors (Lipinski definition) is 3. The molecular weight excluding hydrogens is 364 g/mol. The van der Waals surface area contributed by atoms with Crippen LogP contribution in [0.15, 0.2) is 46.6 Å². The molecule has 0 spiro atoms. The largest absolute Gasteiger partial charge is 0.390 e. The Labute approximate surface area is 163 Å². The summed E-state index contributed by atoms with van der Waals surface area (Å²) < 4.78 is 2.05. The highest BCUT2D eigenvalue weighted by molar-refractivity contribution is 6.30. The summed E-state index contributed by atoms with van der Waals surface area (Å²) in [6.07, 6.45) is 3.41. The molecule has 6 nitrogen and oxygen atoms in total. The van der Waals surface area contributed by atoms with E-state index in [2.05, 4.69) is 17.0 Å². The Kier molecular flexibility index (Phi) is 4.80. The number of hydrogen-bond acceptors (Lipinski definition) is 4. The molecule has 2 heterocycles. The number of aliphatic hydroxyl groups is 2. The molecule has 1 fully saturated rings. The van der Waals surface area contributed by atoms with E-state index in [9.17, 15) is 10.2 Å². The number of benzene rings is 1. The van der Waals surface area contributed by atoms with Gasteiger partial charge in [0.1, 0.15) is 6.10 Å². The summed E-state index contributed by atoms with van der Waals surface area (Å²) in [6, 6.07) is 9.41. The van der Waals surface area contributed by atoms with Gasteiger partial charge in [0.2, 0.25) is 0 Å². The first kappa shape index (κ1) is 18.2. The molecule has 1 aliphatic heterocycles. The molecule has 0 saturated heterocycles. The van der Waals surface area contributed by atoms with Gasteiger partial charge in [0.15, 0.2) is 5.84 Å². The van der Waals surface area contributed by atoms with Gasteiger partial charge in [0.05, 0.1) is 12.1 Å². The number of rotatable bonds is 3. The summed E-state index contributed by atoms with van der Waals surface area (Å²) in [4.78, 5) is 4.22. The van der Waals surface area contributed by atoms with Crippen molar-refractivity contribution < 1.29 is 10.2 Å². The molecule has 2 aromatic rings. The summed E-state index contributed by atoms with van der Waals surface area (Å²) in [6.45, 7) is 2.09. The molecule has 0 amide bonds. The number of hydrazone groups is 1. The fraction of sp³-hybridized carbons (Fsp3) is 0.400. The molecule has 0 radical (unpaired) electrons. The zero-order chi connectivity index (χ0) is 19.1. The van der Waals surface area contributed by atoms with Crippen LogP contribution < -0.4 is 5.84 Å². The average molecular weight is 387 g/mol. The van der Waals surface area contributed by atoms with Crippen LogP contribution in [0.2, 0.25) is 5.02 Å². The first-order valence-electron chi connectivity index (χ1n) is 9.13. The smallest absolute Gasteiger partial charge is 0.180 e. The molecule has 5 atom stereocenters. The van der Waals surface area contributed by atoms with Gasteiger partial charge in [-0.25, -0.2) is 4.99 Å². The second-order valence-electron chi connectivity index (χ2n) is 7.34. The topological polar surface area (TPSA) is 96.1 Å². The fourth-order valence-corrected chi connectivity index (χ4v) is 4.56. The number of aromatic nitrogens is 1. The molecule has 142 valence electrons. The van der Waals surface area contributed by atoms with E-state index in [1.54, 1.807) is 6.21 Å². The van der Waals surface area contributed by atoms with Crippen molar-refractivity contribution in [1.82, 2.24) is 4.57 Å². The van der Waals surface area contributed by atoms with Crippen LogP contribution in [0, 0.1) is 5.92 Å². The van der Waals surface area contributed by atoms with E-state index in [-0.39, 0.29) is 17.9 Å². The molecule has 4 rings (SSSR count). The van der Waals surface area contributed by atoms with Gasteiger partial charge in [-0.2, -0.15) is 5.10 Å². The molecule has 0 unspecified atom stereocenters. The minimum atomic E-state index is -0.835. The monoisotopic (exact) mass is 386 g/mol. The van der Waals surface area contributed by atoms with Crippen LogP contribution in [0.3, 0.4) is 0 Å². The second-order valence-corrected chi connectivity index (χ2v) is 7.78. The lowest BCUT2D eigenvalue weighted by molar-refractivity contribution is 0.00223. The van der Waals surface area contributed by atoms with E-state index >= 15 is 0 Å². The van der Waals surface area contributed by atoms with Gasteiger partial charge in [-0.05, 0) is 42.0 Å². The zero-order valence-electron chi connectivity index (χ0n) is 15.0. The van der Waals surface area contributed by atoms with Crippen LogP contribution in [-0.2, 0) is 6.42 Å². The molecule has 1 aliphatic carbocycles. The van der Waals surface area contributed by atoms with Gasteiger partial charge >= 0.3 is 0 Å². The molecule has 7 heteroatoms. The quantitative estimate of drug-likeness (QED) is 0.558. The SMILES string of the molecule is C[C@@H](c1ccc(Cl)cc1)[C@H]1C[C@@H](n2ccc3c2CC=N/C3=N/N)[C@H](O)[C@@H]1O. The average Bonchev–Trinajstić information content (AvgIpc) is 3.23. The molecule has 2 aliphatic rings. The normalized spacial score (nSPS) is 29.9. The molecule has 1 aromatic heterocycles. The standard InChI is InChI=1S/C20H23ClN4O2/c1-11(12-2-4-13(21)5-3-12)15-10-17(19(27)18(15)26)25-9-7-14-16(25)6-8-23-20(14)24-22/h2-5,7-9,11,15,17-19,26-27H,6,10,22H2,1H3/b24-20+/t11-,15+,17+,18+,19-/m0/s1. The lowest BCUT2D eigenvalue weighted by Gasteiger charge is -2.23. The highest BCUT2D eigenvalue weighted by atomic mass is 35.5. The van der Waals surface area contributed by atoms with Gasteiger partial charge in [-0.1, -0.05) is 30.7 Å². The van der Waals surface area contributed by atoms with Gasteiger partial charge in [-0.3, -0.25) is 0 Å². The fourth-order valence-electron chi connectivity index (χ4n) is 4.43. The van der Waals surface area contributed by atoms with E-state index in [0.717, 1.165) is 16.8 Å². The van der Waals surface area contributed by atoms with E-state index in [1.165, 1.54) is 0 Å². The van der Waals surface area contributed by atoms with E-state index in [4.69, 9.17) is 17.4 Å². The Morgan fingerprint density at radius 2 is 1.96 bits per heavy atom. The predicted octanol–water partition coefficient (Wildman–Crippen LogP) is 2.48. The Hall–Kier alpha value is -2.15. The van der Waals surface area contributed by atoms with Crippen LogP contribution in [0.4, 0.5) is 0 Å². The summed E-state index contributed by atoms with van der Waals surface area (Å²) in [5.74, 6) is 5.98. The van der Waals surface area contributed by atoms with E-state index in [1.807, 2.05) is 41.1 Å². The minimum absolute atomic E-state index is 0.0517. The first-order valence-corrected chi connectivity index (χ1v) is 9.51. The zero-order valence-corrected chi connectivity index (χ0v) is 15.8. The van der Waals surface area contributed by atoms with Gasteiger partial charge in [0, 0.05) is 35.1 Å². The van der Waals surface area contributed by atoms with Crippen molar-refractivity contribution in [2.24, 2.45) is 21.9 Å². The number of aliphatic imine (C=N–C) groups is 1. The van der Waals surface area contributed by atoms with Crippen molar-refractivity contribution in [3.63, 3.8) is 0 Å². The van der Waals surface area contributed by atoms with Crippen LogP contribution in [-0.4, -0.2) is 39.0 Å². The lowest BCUT2D eigenvalue weighted by Crippen LogP contribution is -2.31. The number of fused-ring (bicyclic) bond motifs is 1. The van der Waals surface area contributed by atoms with Crippen molar-refractivity contribution >= 4 is 23.7 Å². The van der Waals surface area contributed by atoms with Gasteiger partial charge in [0.25, 0.3) is 0 Å². The number of amidine groups is 1. The highest BCUT2D eigenvalue weighted by Crippen LogP contribution is 2.44. The third-order valence-corrected chi connectivity index (χ3v) is 6.23. The third kappa shape index (κ3) is 3.08. The van der Waals surface area contributed by atoms with E-state index < -0.39 is 12.2 Å². The van der Waals surface area contributed by atoms with Crippen molar-refractivity contribution in [2.75, 3.05) is 0 Å². The maximum atomic E-state index is 10.8. The number of halogens is 1. The Morgan fingerprint density at radius 1 is 1.22 bits per heavy atom. The third-order valence-electron chi connectivity index (χ3n) is 5.98. The first-order chi connectivity index (χ1) is 13.0. The Bertz CT molecular complexity index is 890. The number of aliphatic hydroxyl groups excluding tert-OH is 2. The van der Waals surface area contributed by atoms with Crippen LogP contribution in [0.1, 0.15) is 42.1 Å². The van der Waals surface area contributed by atoms with Crippen molar-refractivity contribution in [1.29, 1.82) is 0 Å². The maximum Gasteiger partial charge on any atom is 0.180 e. The van der Waals surface area contributed by atoms with Gasteiger partial charge in [-0.15, -0.1) is 0 Å². The molecule has 1 aromatic carbocycles. The summed E-state index contributed by atoms with van der Waals surface area (Å²) in [5.41, 5.74) is 3.01. The summed E-state index contributed by atoms with van der Waals surface area (Å²) >= 11 is 5.99. The Balaban J connectivity index is 1.62. The van der Waals surface area contributed by atoms with Crippen LogP contribution in [0.5, 0.6) is 0 Å². The summed E-state index contributed by atoms with van der Waals surface area (Å²) in [7, 11) is 0. The molecule has 1 saturated carbocycles. The van der Waals surface area contributed by atoms with Crippen LogP contribution >= 0.6 is 11.6 Å². The van der Waals surface area contributed by atoms with Crippen molar-refractivity contribution in [3.05, 3.63) is 58.4 Å².